The first-order valence-electron chi connectivity index (χ1n) is 11.8. The summed E-state index contributed by atoms with van der Waals surface area (Å²) in [6.45, 7) is 5.86. The minimum atomic E-state index is 0.497. The molecular formula is C30H31NO4. The zero-order valence-corrected chi connectivity index (χ0v) is 20.2. The monoisotopic (exact) mass is 469 g/mol. The van der Waals surface area contributed by atoms with Crippen molar-refractivity contribution in [1.29, 1.82) is 0 Å². The Balaban J connectivity index is 1.54. The van der Waals surface area contributed by atoms with Gasteiger partial charge in [-0.05, 0) is 67.4 Å². The number of hydrogen-bond acceptors (Lipinski definition) is 4. The van der Waals surface area contributed by atoms with Gasteiger partial charge in [-0.2, -0.15) is 0 Å². The van der Waals surface area contributed by atoms with Gasteiger partial charge in [0, 0.05) is 16.5 Å². The Kier molecular flexibility index (Phi) is 8.49. The van der Waals surface area contributed by atoms with E-state index < -0.39 is 0 Å². The fraction of sp³-hybridized carbons (Fsp3) is 0.200. The summed E-state index contributed by atoms with van der Waals surface area (Å²) in [6.07, 6.45) is 7.05. The molecule has 4 aromatic rings. The van der Waals surface area contributed by atoms with Gasteiger partial charge in [-0.1, -0.05) is 42.5 Å². The number of H-pyrrole nitrogens is 1. The average Bonchev–Trinajstić information content (AvgIpc) is 3.29. The van der Waals surface area contributed by atoms with E-state index in [4.69, 9.17) is 18.9 Å². The van der Waals surface area contributed by atoms with Crippen LogP contribution in [-0.2, 0) is 9.47 Å². The number of fused-ring (bicyclic) bond motifs is 1. The molecule has 0 spiro atoms. The largest absolute Gasteiger partial charge is 0.498 e. The summed E-state index contributed by atoms with van der Waals surface area (Å²) in [5.74, 6) is 1.63. The van der Waals surface area contributed by atoms with Crippen molar-refractivity contribution in [3.8, 4) is 33.9 Å². The molecule has 35 heavy (non-hydrogen) atoms. The number of aromatic nitrogens is 1. The van der Waals surface area contributed by atoms with Gasteiger partial charge in [0.25, 0.3) is 0 Å². The molecule has 0 fully saturated rings. The molecule has 0 unspecified atom stereocenters. The van der Waals surface area contributed by atoms with Gasteiger partial charge in [0.15, 0.2) is 0 Å². The normalized spacial score (nSPS) is 11.4. The van der Waals surface area contributed by atoms with Crippen LogP contribution >= 0.6 is 0 Å². The molecule has 1 aromatic heterocycles. The van der Waals surface area contributed by atoms with Gasteiger partial charge >= 0.3 is 0 Å². The molecule has 5 heteroatoms. The molecule has 0 bridgehead atoms. The number of allylic oxidation sites excluding steroid dienone is 2. The van der Waals surface area contributed by atoms with Crippen molar-refractivity contribution < 1.29 is 18.9 Å². The van der Waals surface area contributed by atoms with Gasteiger partial charge < -0.3 is 23.9 Å². The minimum Gasteiger partial charge on any atom is -0.498 e. The van der Waals surface area contributed by atoms with Crippen LogP contribution in [0, 0.1) is 0 Å². The third-order valence-electron chi connectivity index (χ3n) is 5.40. The van der Waals surface area contributed by atoms with Crippen LogP contribution in [-0.4, -0.2) is 31.4 Å². The van der Waals surface area contributed by atoms with E-state index in [0.717, 1.165) is 39.4 Å². The minimum absolute atomic E-state index is 0.497. The molecule has 0 aliphatic heterocycles. The lowest BCUT2D eigenvalue weighted by molar-refractivity contribution is 0.179. The zero-order chi connectivity index (χ0) is 24.3. The van der Waals surface area contributed by atoms with Crippen LogP contribution in [0.15, 0.2) is 97.5 Å². The summed E-state index contributed by atoms with van der Waals surface area (Å²) in [4.78, 5) is 3.61. The van der Waals surface area contributed by atoms with E-state index >= 15 is 0 Å². The quantitative estimate of drug-likeness (QED) is 0.174. The summed E-state index contributed by atoms with van der Waals surface area (Å²) >= 11 is 0. The Labute approximate surface area is 206 Å². The van der Waals surface area contributed by atoms with Crippen molar-refractivity contribution in [3.05, 3.63) is 97.5 Å². The Hall–Kier alpha value is -4.12. The third-order valence-corrected chi connectivity index (χ3v) is 5.40. The van der Waals surface area contributed by atoms with Crippen LogP contribution in [0.2, 0.25) is 0 Å². The molecule has 0 amide bonds. The van der Waals surface area contributed by atoms with Crippen molar-refractivity contribution in [3.63, 3.8) is 0 Å². The summed E-state index contributed by atoms with van der Waals surface area (Å²) < 4.78 is 22.2. The third kappa shape index (κ3) is 6.27. The smallest absolute Gasteiger partial charge is 0.122 e. The molecule has 180 valence electrons. The lowest BCUT2D eigenvalue weighted by Gasteiger charge is -2.10. The first-order valence-corrected chi connectivity index (χ1v) is 11.8. The topological polar surface area (TPSA) is 52.7 Å². The molecular weight excluding hydrogens is 438 g/mol. The predicted molar refractivity (Wildman–Crippen MR) is 142 cm³/mol. The number of rotatable bonds is 12. The summed E-state index contributed by atoms with van der Waals surface area (Å²) in [7, 11) is 0. The second-order valence-corrected chi connectivity index (χ2v) is 7.85. The van der Waals surface area contributed by atoms with Gasteiger partial charge in [0.1, 0.15) is 37.9 Å². The first kappa shape index (κ1) is 24.0. The molecule has 0 radical (unpaired) electrons. The Morgan fingerprint density at radius 3 is 1.74 bits per heavy atom. The summed E-state index contributed by atoms with van der Waals surface area (Å²) in [6, 6.07) is 24.7. The molecule has 4 rings (SSSR count). The van der Waals surface area contributed by atoms with E-state index in [1.165, 1.54) is 5.39 Å². The van der Waals surface area contributed by atoms with E-state index in [1.54, 1.807) is 12.5 Å². The fourth-order valence-corrected chi connectivity index (χ4v) is 3.84. The molecule has 1 heterocycles. The highest BCUT2D eigenvalue weighted by molar-refractivity contribution is 6.03. The molecule has 0 saturated carbocycles. The Bertz CT molecular complexity index is 1250. The molecule has 3 aromatic carbocycles. The number of para-hydroxylation sites is 1. The molecule has 0 aliphatic rings. The molecule has 1 N–H and O–H groups in total. The summed E-state index contributed by atoms with van der Waals surface area (Å²) in [5, 5.41) is 1.18. The number of nitrogens with one attached hydrogen (secondary N) is 1. The van der Waals surface area contributed by atoms with Crippen LogP contribution in [0.5, 0.6) is 11.5 Å². The van der Waals surface area contributed by atoms with E-state index in [1.807, 2.05) is 56.3 Å². The first-order chi connectivity index (χ1) is 17.3. The lowest BCUT2D eigenvalue weighted by atomic mass is 9.98. The van der Waals surface area contributed by atoms with Crippen LogP contribution in [0.3, 0.4) is 0 Å². The van der Waals surface area contributed by atoms with Crippen molar-refractivity contribution in [2.45, 2.75) is 13.8 Å². The highest BCUT2D eigenvalue weighted by Gasteiger charge is 2.15. The van der Waals surface area contributed by atoms with Crippen LogP contribution in [0.25, 0.3) is 33.3 Å². The second-order valence-electron chi connectivity index (χ2n) is 7.85. The van der Waals surface area contributed by atoms with Gasteiger partial charge in [0.05, 0.1) is 18.2 Å². The predicted octanol–water partition coefficient (Wildman–Crippen LogP) is 7.36. The molecule has 5 nitrogen and oxygen atoms in total. The van der Waals surface area contributed by atoms with Gasteiger partial charge in [-0.25, -0.2) is 0 Å². The zero-order valence-electron chi connectivity index (χ0n) is 20.2. The van der Waals surface area contributed by atoms with Gasteiger partial charge in [0.2, 0.25) is 0 Å². The maximum Gasteiger partial charge on any atom is 0.122 e. The van der Waals surface area contributed by atoms with E-state index in [0.29, 0.717) is 26.4 Å². The number of hydrogen-bond donors (Lipinski definition) is 1. The average molecular weight is 470 g/mol. The van der Waals surface area contributed by atoms with Crippen LogP contribution < -0.4 is 9.47 Å². The molecule has 0 aliphatic carbocycles. The molecule has 0 atom stereocenters. The van der Waals surface area contributed by atoms with Gasteiger partial charge in [-0.3, -0.25) is 0 Å². The number of aromatic amines is 1. The van der Waals surface area contributed by atoms with E-state index in [-0.39, 0.29) is 0 Å². The van der Waals surface area contributed by atoms with Crippen LogP contribution in [0.4, 0.5) is 0 Å². The van der Waals surface area contributed by atoms with Crippen molar-refractivity contribution >= 4 is 10.9 Å². The number of ether oxygens (including phenoxy) is 4. The number of benzene rings is 3. The fourth-order valence-electron chi connectivity index (χ4n) is 3.84. The highest BCUT2D eigenvalue weighted by atomic mass is 16.5. The van der Waals surface area contributed by atoms with Crippen molar-refractivity contribution in [2.75, 3.05) is 26.4 Å². The van der Waals surface area contributed by atoms with E-state index in [2.05, 4.69) is 47.4 Å². The SMILES string of the molecule is CC=COCCOc1ccc(-c2[nH]c3ccccc3c2-c2ccc(OCCOC=CC)cc2)cc1. The Morgan fingerprint density at radius 2 is 1.17 bits per heavy atom. The Morgan fingerprint density at radius 1 is 0.629 bits per heavy atom. The van der Waals surface area contributed by atoms with E-state index in [9.17, 15) is 0 Å². The highest BCUT2D eigenvalue weighted by Crippen LogP contribution is 2.39. The lowest BCUT2D eigenvalue weighted by Crippen LogP contribution is -2.03. The maximum absolute atomic E-state index is 5.80. The molecule has 0 saturated heterocycles. The van der Waals surface area contributed by atoms with Crippen molar-refractivity contribution in [1.82, 2.24) is 4.98 Å². The second kappa shape index (κ2) is 12.4. The standard InChI is InChI=1S/C30H31NO4/c1-3-17-32-19-21-34-25-13-9-23(10-14-25)29-27-7-5-6-8-28(27)31-30(29)24-11-15-26(16-12-24)35-22-20-33-18-4-2/h3-18,31H,19-22H2,1-2H3. The summed E-state index contributed by atoms with van der Waals surface area (Å²) in [5.41, 5.74) is 5.55. The van der Waals surface area contributed by atoms with Gasteiger partial charge in [-0.15, -0.1) is 0 Å². The van der Waals surface area contributed by atoms with Crippen molar-refractivity contribution in [2.24, 2.45) is 0 Å². The van der Waals surface area contributed by atoms with Crippen LogP contribution in [0.1, 0.15) is 13.8 Å². The maximum atomic E-state index is 5.80.